The standard InChI is InChI=1S/C4H2F3NS/c5-4(6,7)3-8-1-2-9-3/h1-2H. The Morgan fingerprint density at radius 3 is 2.33 bits per heavy atom. The Morgan fingerprint density at radius 2 is 2.11 bits per heavy atom. The third kappa shape index (κ3) is 1.41. The lowest BCUT2D eigenvalue weighted by atomic mass is 10.7. The van der Waals surface area contributed by atoms with Crippen LogP contribution < -0.4 is 0 Å². The summed E-state index contributed by atoms with van der Waals surface area (Å²) < 4.78 is 34.7. The van der Waals surface area contributed by atoms with Crippen LogP contribution in [0.2, 0.25) is 0 Å². The summed E-state index contributed by atoms with van der Waals surface area (Å²) in [5.74, 6) is 0. The van der Waals surface area contributed by atoms with Crippen LogP contribution in [0.5, 0.6) is 0 Å². The average molecular weight is 153 g/mol. The van der Waals surface area contributed by atoms with Gasteiger partial charge in [-0.2, -0.15) is 13.2 Å². The highest BCUT2D eigenvalue weighted by molar-refractivity contribution is 7.09. The molecule has 0 amide bonds. The van der Waals surface area contributed by atoms with E-state index < -0.39 is 11.2 Å². The minimum absolute atomic E-state index is 0.594. The van der Waals surface area contributed by atoms with Crippen LogP contribution in [-0.2, 0) is 6.18 Å². The number of nitrogens with zero attached hydrogens (tertiary/aromatic N) is 1. The monoisotopic (exact) mass is 153 g/mol. The summed E-state index contributed by atoms with van der Waals surface area (Å²) >= 11 is 0.594. The molecular weight excluding hydrogens is 151 g/mol. The van der Waals surface area contributed by atoms with Crippen LogP contribution >= 0.6 is 11.3 Å². The molecule has 0 saturated carbocycles. The van der Waals surface area contributed by atoms with Crippen molar-refractivity contribution in [2.75, 3.05) is 0 Å². The second kappa shape index (κ2) is 1.98. The molecule has 0 spiro atoms. The highest BCUT2D eigenvalue weighted by Crippen LogP contribution is 2.30. The minimum Gasteiger partial charge on any atom is -0.241 e. The molecule has 0 N–H and O–H groups in total. The van der Waals surface area contributed by atoms with Gasteiger partial charge in [-0.3, -0.25) is 0 Å². The van der Waals surface area contributed by atoms with Crippen LogP contribution in [0.15, 0.2) is 11.6 Å². The summed E-state index contributed by atoms with van der Waals surface area (Å²) in [6.45, 7) is 0. The predicted molar refractivity (Wildman–Crippen MR) is 27.1 cm³/mol. The summed E-state index contributed by atoms with van der Waals surface area (Å²) in [6.07, 6.45) is -3.14. The molecule has 9 heavy (non-hydrogen) atoms. The number of hydrogen-bond donors (Lipinski definition) is 0. The first-order valence-electron chi connectivity index (χ1n) is 2.07. The molecule has 0 unspecified atom stereocenters. The van der Waals surface area contributed by atoms with E-state index in [0.717, 1.165) is 6.20 Å². The lowest BCUT2D eigenvalue weighted by molar-refractivity contribution is -0.137. The smallest absolute Gasteiger partial charge is 0.241 e. The summed E-state index contributed by atoms with van der Waals surface area (Å²) in [6, 6.07) is 0. The van der Waals surface area contributed by atoms with E-state index in [1.54, 1.807) is 0 Å². The molecular formula is C4H2F3NS. The second-order valence-electron chi connectivity index (χ2n) is 1.34. The van der Waals surface area contributed by atoms with Gasteiger partial charge >= 0.3 is 6.18 Å². The molecule has 50 valence electrons. The van der Waals surface area contributed by atoms with Gasteiger partial charge in [0.2, 0.25) is 0 Å². The lowest BCUT2D eigenvalue weighted by Crippen LogP contribution is -2.02. The highest BCUT2D eigenvalue weighted by Gasteiger charge is 2.33. The maximum Gasteiger partial charge on any atom is 0.443 e. The molecule has 0 atom stereocenters. The molecule has 0 saturated heterocycles. The lowest BCUT2D eigenvalue weighted by Gasteiger charge is -1.97. The van der Waals surface area contributed by atoms with Crippen LogP contribution in [-0.4, -0.2) is 4.98 Å². The van der Waals surface area contributed by atoms with Gasteiger partial charge in [-0.25, -0.2) is 4.98 Å². The largest absolute Gasteiger partial charge is 0.443 e. The van der Waals surface area contributed by atoms with Gasteiger partial charge in [-0.1, -0.05) is 0 Å². The van der Waals surface area contributed by atoms with Crippen molar-refractivity contribution in [1.29, 1.82) is 0 Å². The quantitative estimate of drug-likeness (QED) is 0.556. The fourth-order valence-electron chi connectivity index (χ4n) is 0.363. The van der Waals surface area contributed by atoms with E-state index >= 15 is 0 Å². The fraction of sp³-hybridized carbons (Fsp3) is 0.250. The molecule has 0 aromatic carbocycles. The minimum atomic E-state index is -4.27. The van der Waals surface area contributed by atoms with E-state index in [2.05, 4.69) is 4.98 Å². The van der Waals surface area contributed by atoms with Crippen molar-refractivity contribution in [1.82, 2.24) is 4.98 Å². The molecule has 1 nitrogen and oxygen atoms in total. The van der Waals surface area contributed by atoms with Gasteiger partial charge in [0.25, 0.3) is 0 Å². The normalized spacial score (nSPS) is 11.9. The Balaban J connectivity index is 2.90. The first kappa shape index (κ1) is 6.54. The van der Waals surface area contributed by atoms with E-state index in [0.29, 0.717) is 11.3 Å². The molecule has 1 aromatic rings. The van der Waals surface area contributed by atoms with Crippen molar-refractivity contribution in [3.63, 3.8) is 0 Å². The first-order valence-corrected chi connectivity index (χ1v) is 2.95. The number of halogens is 3. The summed E-state index contributed by atoms with van der Waals surface area (Å²) in [5, 5.41) is 0.505. The Morgan fingerprint density at radius 1 is 1.44 bits per heavy atom. The molecule has 1 rings (SSSR count). The van der Waals surface area contributed by atoms with E-state index in [1.807, 2.05) is 0 Å². The number of alkyl halides is 3. The third-order valence-corrected chi connectivity index (χ3v) is 1.49. The maximum atomic E-state index is 11.6. The van der Waals surface area contributed by atoms with Crippen molar-refractivity contribution in [3.8, 4) is 0 Å². The second-order valence-corrected chi connectivity index (χ2v) is 2.23. The number of aromatic nitrogens is 1. The molecule has 0 radical (unpaired) electrons. The Hall–Kier alpha value is -0.580. The highest BCUT2D eigenvalue weighted by atomic mass is 32.1. The molecule has 0 fully saturated rings. The van der Waals surface area contributed by atoms with Crippen LogP contribution in [0.25, 0.3) is 0 Å². The van der Waals surface area contributed by atoms with Crippen molar-refractivity contribution in [2.24, 2.45) is 0 Å². The van der Waals surface area contributed by atoms with Gasteiger partial charge in [0, 0.05) is 11.6 Å². The van der Waals surface area contributed by atoms with E-state index in [-0.39, 0.29) is 0 Å². The molecule has 1 heterocycles. The van der Waals surface area contributed by atoms with Gasteiger partial charge in [0.15, 0.2) is 5.01 Å². The third-order valence-electron chi connectivity index (χ3n) is 0.675. The van der Waals surface area contributed by atoms with E-state index in [9.17, 15) is 13.2 Å². The number of hydrogen-bond acceptors (Lipinski definition) is 2. The van der Waals surface area contributed by atoms with E-state index in [4.69, 9.17) is 0 Å². The SMILES string of the molecule is FC(F)(F)c1nccs1. The molecule has 0 bridgehead atoms. The predicted octanol–water partition coefficient (Wildman–Crippen LogP) is 2.16. The fourth-order valence-corrected chi connectivity index (χ4v) is 0.869. The van der Waals surface area contributed by atoms with Gasteiger partial charge in [-0.05, 0) is 0 Å². The van der Waals surface area contributed by atoms with Gasteiger partial charge in [0.1, 0.15) is 0 Å². The summed E-state index contributed by atoms with van der Waals surface area (Å²) in [5.41, 5.74) is 0. The van der Waals surface area contributed by atoms with Crippen LogP contribution in [0, 0.1) is 0 Å². The summed E-state index contributed by atoms with van der Waals surface area (Å²) in [4.78, 5) is 3.08. The average Bonchev–Trinajstić information content (AvgIpc) is 2.08. The Kier molecular flexibility index (Phi) is 1.44. The van der Waals surface area contributed by atoms with E-state index in [1.165, 1.54) is 5.38 Å². The zero-order valence-corrected chi connectivity index (χ0v) is 4.96. The molecule has 0 aliphatic carbocycles. The molecule has 5 heteroatoms. The number of thiazole rings is 1. The first-order chi connectivity index (χ1) is 4.11. The zero-order valence-electron chi connectivity index (χ0n) is 4.14. The van der Waals surface area contributed by atoms with Gasteiger partial charge in [0.05, 0.1) is 0 Å². The van der Waals surface area contributed by atoms with Gasteiger partial charge < -0.3 is 0 Å². The summed E-state index contributed by atoms with van der Waals surface area (Å²) in [7, 11) is 0. The van der Waals surface area contributed by atoms with Crippen molar-refractivity contribution < 1.29 is 13.2 Å². The Bertz CT molecular complexity index is 178. The molecule has 0 aliphatic rings. The number of rotatable bonds is 0. The van der Waals surface area contributed by atoms with Crippen LogP contribution in [0.4, 0.5) is 13.2 Å². The van der Waals surface area contributed by atoms with Crippen LogP contribution in [0.3, 0.4) is 0 Å². The van der Waals surface area contributed by atoms with Crippen molar-refractivity contribution in [3.05, 3.63) is 16.6 Å². The topological polar surface area (TPSA) is 12.9 Å². The molecule has 1 aromatic heterocycles. The molecule has 0 aliphatic heterocycles. The maximum absolute atomic E-state index is 11.6. The van der Waals surface area contributed by atoms with Gasteiger partial charge in [-0.15, -0.1) is 11.3 Å². The zero-order chi connectivity index (χ0) is 6.91. The Labute approximate surface area is 53.2 Å². The van der Waals surface area contributed by atoms with Crippen LogP contribution in [0.1, 0.15) is 5.01 Å². The van der Waals surface area contributed by atoms with Crippen molar-refractivity contribution >= 4 is 11.3 Å². The van der Waals surface area contributed by atoms with Crippen molar-refractivity contribution in [2.45, 2.75) is 6.18 Å².